The fourth-order valence-electron chi connectivity index (χ4n) is 1.71. The van der Waals surface area contributed by atoms with Gasteiger partial charge in [0.25, 0.3) is 0 Å². The van der Waals surface area contributed by atoms with Gasteiger partial charge in [-0.05, 0) is 33.6 Å². The van der Waals surface area contributed by atoms with Crippen molar-refractivity contribution < 1.29 is 14.6 Å². The molecule has 19 heavy (non-hydrogen) atoms. The largest absolute Gasteiger partial charge is 0.444 e. The zero-order chi connectivity index (χ0) is 14.7. The van der Waals surface area contributed by atoms with E-state index in [1.165, 1.54) is 0 Å². The molecule has 5 nitrogen and oxygen atoms in total. The highest BCUT2D eigenvalue weighted by Gasteiger charge is 2.40. The lowest BCUT2D eigenvalue weighted by molar-refractivity contribution is 0.0521. The van der Waals surface area contributed by atoms with Crippen LogP contribution in [-0.2, 0) is 4.74 Å². The predicted molar refractivity (Wildman–Crippen MR) is 75.0 cm³/mol. The van der Waals surface area contributed by atoms with E-state index in [1.807, 2.05) is 20.8 Å². The van der Waals surface area contributed by atoms with Gasteiger partial charge in [-0.3, -0.25) is 0 Å². The van der Waals surface area contributed by atoms with Crippen LogP contribution in [0.4, 0.5) is 4.79 Å². The second-order valence-corrected chi connectivity index (χ2v) is 6.80. The molecule has 1 rings (SSSR count). The number of carbonyl (C=O) groups excluding carboxylic acids is 1. The summed E-state index contributed by atoms with van der Waals surface area (Å²) in [6.45, 7) is 10.6. The number of aliphatic hydroxyl groups excluding tert-OH is 1. The summed E-state index contributed by atoms with van der Waals surface area (Å²) in [6.07, 6.45) is 1.49. The number of rotatable bonds is 6. The number of carbonyl (C=O) groups is 1. The zero-order valence-electron chi connectivity index (χ0n) is 12.7. The predicted octanol–water partition coefficient (Wildman–Crippen LogP) is 1.65. The Morgan fingerprint density at radius 3 is 2.42 bits per heavy atom. The molecular weight excluding hydrogens is 244 g/mol. The zero-order valence-corrected chi connectivity index (χ0v) is 12.7. The third-order valence-corrected chi connectivity index (χ3v) is 3.52. The Balaban J connectivity index is 2.23. The number of nitrogens with one attached hydrogen (secondary N) is 2. The summed E-state index contributed by atoms with van der Waals surface area (Å²) in [6, 6.07) is 0.444. The number of ether oxygens (including phenoxy) is 1. The number of aliphatic hydroxyl groups is 1. The van der Waals surface area contributed by atoms with Crippen molar-refractivity contribution in [1.82, 2.24) is 10.6 Å². The number of alkyl carbamates (subject to hydrolysis) is 1. The Labute approximate surface area is 116 Å². The molecule has 0 heterocycles. The topological polar surface area (TPSA) is 70.6 Å². The summed E-state index contributed by atoms with van der Waals surface area (Å²) >= 11 is 0. The molecule has 0 radical (unpaired) electrons. The number of hydrogen-bond acceptors (Lipinski definition) is 4. The Morgan fingerprint density at radius 2 is 1.95 bits per heavy atom. The molecule has 1 aliphatic carbocycles. The normalized spacial score (nSPS) is 25.6. The van der Waals surface area contributed by atoms with Gasteiger partial charge in [-0.1, -0.05) is 13.8 Å². The standard InChI is InChI=1S/C14H28N2O3/c1-6-14(5,9-17)8-15-10-7-11(10)16-12(18)19-13(2,3)4/h10-11,15,17H,6-9H2,1-5H3,(H,16,18). The summed E-state index contributed by atoms with van der Waals surface area (Å²) < 4.78 is 5.21. The van der Waals surface area contributed by atoms with E-state index in [-0.39, 0.29) is 24.2 Å². The van der Waals surface area contributed by atoms with Gasteiger partial charge in [0.15, 0.2) is 0 Å². The third kappa shape index (κ3) is 5.78. The number of amides is 1. The van der Waals surface area contributed by atoms with E-state index in [4.69, 9.17) is 4.74 Å². The summed E-state index contributed by atoms with van der Waals surface area (Å²) in [4.78, 5) is 11.6. The summed E-state index contributed by atoms with van der Waals surface area (Å²) in [7, 11) is 0. The van der Waals surface area contributed by atoms with Crippen LogP contribution in [0.1, 0.15) is 47.5 Å². The molecule has 3 atom stereocenters. The van der Waals surface area contributed by atoms with Crippen LogP contribution in [-0.4, -0.2) is 42.0 Å². The van der Waals surface area contributed by atoms with Gasteiger partial charge in [-0.2, -0.15) is 0 Å². The van der Waals surface area contributed by atoms with E-state index in [1.54, 1.807) is 0 Å². The van der Waals surface area contributed by atoms with Gasteiger partial charge in [-0.25, -0.2) is 4.79 Å². The van der Waals surface area contributed by atoms with Crippen molar-refractivity contribution in [2.45, 2.75) is 65.1 Å². The molecule has 1 fully saturated rings. The van der Waals surface area contributed by atoms with E-state index in [0.717, 1.165) is 19.4 Å². The molecule has 0 aliphatic heterocycles. The molecule has 1 saturated carbocycles. The van der Waals surface area contributed by atoms with Gasteiger partial charge in [-0.15, -0.1) is 0 Å². The van der Waals surface area contributed by atoms with E-state index in [2.05, 4.69) is 24.5 Å². The molecule has 3 unspecified atom stereocenters. The fourth-order valence-corrected chi connectivity index (χ4v) is 1.71. The number of hydrogen-bond donors (Lipinski definition) is 3. The summed E-state index contributed by atoms with van der Waals surface area (Å²) in [5.41, 5.74) is -0.543. The van der Waals surface area contributed by atoms with Gasteiger partial charge >= 0.3 is 6.09 Å². The molecule has 0 spiro atoms. The van der Waals surface area contributed by atoms with Crippen molar-refractivity contribution in [2.75, 3.05) is 13.2 Å². The molecule has 0 saturated heterocycles. The molecule has 0 aromatic rings. The quantitative estimate of drug-likeness (QED) is 0.687. The van der Waals surface area contributed by atoms with Gasteiger partial charge < -0.3 is 20.5 Å². The van der Waals surface area contributed by atoms with Crippen LogP contribution < -0.4 is 10.6 Å². The highest BCUT2D eigenvalue weighted by Crippen LogP contribution is 2.25. The summed E-state index contributed by atoms with van der Waals surface area (Å²) in [5.74, 6) is 0. The van der Waals surface area contributed by atoms with E-state index < -0.39 is 5.60 Å². The van der Waals surface area contributed by atoms with Crippen LogP contribution in [0.15, 0.2) is 0 Å². The maximum absolute atomic E-state index is 11.6. The van der Waals surface area contributed by atoms with Crippen LogP contribution in [0.3, 0.4) is 0 Å². The molecule has 1 amide bonds. The highest BCUT2D eigenvalue weighted by atomic mass is 16.6. The highest BCUT2D eigenvalue weighted by molar-refractivity contribution is 5.68. The van der Waals surface area contributed by atoms with Crippen molar-refractivity contribution in [3.63, 3.8) is 0 Å². The lowest BCUT2D eigenvalue weighted by atomic mass is 9.89. The van der Waals surface area contributed by atoms with Crippen molar-refractivity contribution in [2.24, 2.45) is 5.41 Å². The van der Waals surface area contributed by atoms with E-state index >= 15 is 0 Å². The van der Waals surface area contributed by atoms with E-state index in [0.29, 0.717) is 6.04 Å². The Hall–Kier alpha value is -0.810. The molecule has 1 aliphatic rings. The van der Waals surface area contributed by atoms with Gasteiger partial charge in [0.05, 0.1) is 0 Å². The Bertz CT molecular complexity index is 308. The van der Waals surface area contributed by atoms with Crippen molar-refractivity contribution in [1.29, 1.82) is 0 Å². The van der Waals surface area contributed by atoms with Crippen LogP contribution in [0.2, 0.25) is 0 Å². The minimum absolute atomic E-state index is 0.0843. The lowest BCUT2D eigenvalue weighted by Gasteiger charge is -2.26. The average molecular weight is 272 g/mol. The van der Waals surface area contributed by atoms with Crippen molar-refractivity contribution >= 4 is 6.09 Å². The Morgan fingerprint density at radius 1 is 1.32 bits per heavy atom. The molecule has 0 aromatic heterocycles. The fraction of sp³-hybridized carbons (Fsp3) is 0.929. The SMILES string of the molecule is CCC(C)(CO)CNC1CC1NC(=O)OC(C)(C)C. The Kier molecular flexibility index (Phi) is 5.21. The molecular formula is C14H28N2O3. The first-order chi connectivity index (χ1) is 8.69. The van der Waals surface area contributed by atoms with Crippen molar-refractivity contribution in [3.8, 4) is 0 Å². The maximum Gasteiger partial charge on any atom is 0.407 e. The monoisotopic (exact) mass is 272 g/mol. The summed E-state index contributed by atoms with van der Waals surface area (Å²) in [5, 5.41) is 15.6. The first-order valence-corrected chi connectivity index (χ1v) is 7.03. The van der Waals surface area contributed by atoms with Crippen LogP contribution >= 0.6 is 0 Å². The minimum Gasteiger partial charge on any atom is -0.444 e. The maximum atomic E-state index is 11.6. The van der Waals surface area contributed by atoms with E-state index in [9.17, 15) is 9.90 Å². The van der Waals surface area contributed by atoms with Gasteiger partial charge in [0.1, 0.15) is 5.60 Å². The smallest absolute Gasteiger partial charge is 0.407 e. The first-order valence-electron chi connectivity index (χ1n) is 7.03. The molecule has 3 N–H and O–H groups in total. The van der Waals surface area contributed by atoms with Crippen LogP contribution in [0.25, 0.3) is 0 Å². The average Bonchev–Trinajstić information content (AvgIpc) is 3.02. The van der Waals surface area contributed by atoms with Crippen LogP contribution in [0, 0.1) is 5.41 Å². The third-order valence-electron chi connectivity index (χ3n) is 3.52. The van der Waals surface area contributed by atoms with Gasteiger partial charge in [0.2, 0.25) is 0 Å². The van der Waals surface area contributed by atoms with Crippen LogP contribution in [0.5, 0.6) is 0 Å². The molecule has 0 bridgehead atoms. The molecule has 112 valence electrons. The molecule has 0 aromatic carbocycles. The van der Waals surface area contributed by atoms with Crippen molar-refractivity contribution in [3.05, 3.63) is 0 Å². The molecule has 5 heteroatoms. The lowest BCUT2D eigenvalue weighted by Crippen LogP contribution is -2.40. The second kappa shape index (κ2) is 6.09. The van der Waals surface area contributed by atoms with Gasteiger partial charge in [0, 0.05) is 30.7 Å². The minimum atomic E-state index is -0.459. The first kappa shape index (κ1) is 16.2. The second-order valence-electron chi connectivity index (χ2n) is 6.80.